The lowest BCUT2D eigenvalue weighted by atomic mass is 9.87. The van der Waals surface area contributed by atoms with E-state index < -0.39 is 0 Å². The third kappa shape index (κ3) is 5.25. The highest BCUT2D eigenvalue weighted by atomic mass is 32.2. The van der Waals surface area contributed by atoms with E-state index in [9.17, 15) is 0 Å². The Kier molecular flexibility index (Phi) is 5.54. The first-order valence-electron chi connectivity index (χ1n) is 7.45. The van der Waals surface area contributed by atoms with Crippen LogP contribution in [0.5, 0.6) is 0 Å². The Morgan fingerprint density at radius 3 is 2.43 bits per heavy atom. The molecule has 114 valence electrons. The Balaban J connectivity index is 1.78. The average molecular weight is 303 g/mol. The quantitative estimate of drug-likeness (QED) is 0.772. The first kappa shape index (κ1) is 16.2. The molecule has 0 bridgehead atoms. The summed E-state index contributed by atoms with van der Waals surface area (Å²) in [7, 11) is 0. The van der Waals surface area contributed by atoms with Crippen molar-refractivity contribution in [1.82, 2.24) is 5.32 Å². The van der Waals surface area contributed by atoms with Gasteiger partial charge in [0.15, 0.2) is 0 Å². The van der Waals surface area contributed by atoms with Crippen LogP contribution in [0.2, 0.25) is 0 Å². The zero-order valence-electron chi connectivity index (χ0n) is 13.3. The van der Waals surface area contributed by atoms with Crippen LogP contribution in [0.4, 0.5) is 0 Å². The van der Waals surface area contributed by atoms with E-state index in [0.29, 0.717) is 5.25 Å². The summed E-state index contributed by atoms with van der Waals surface area (Å²) in [4.78, 5) is 1.33. The Morgan fingerprint density at radius 2 is 1.86 bits per heavy atom. The maximum Gasteiger partial charge on any atom is 0.117 e. The minimum Gasteiger partial charge on any atom is -0.468 e. The molecule has 0 saturated heterocycles. The van der Waals surface area contributed by atoms with Gasteiger partial charge >= 0.3 is 0 Å². The Labute approximate surface area is 132 Å². The maximum atomic E-state index is 5.31. The average Bonchev–Trinajstić information content (AvgIpc) is 2.91. The monoisotopic (exact) mass is 303 g/mol. The molecule has 0 radical (unpaired) electrons. The highest BCUT2D eigenvalue weighted by Gasteiger charge is 2.13. The molecule has 1 aromatic carbocycles. The van der Waals surface area contributed by atoms with E-state index in [0.717, 1.165) is 18.8 Å². The van der Waals surface area contributed by atoms with Crippen LogP contribution in [0.25, 0.3) is 0 Å². The van der Waals surface area contributed by atoms with E-state index in [1.54, 1.807) is 6.26 Å². The summed E-state index contributed by atoms with van der Waals surface area (Å²) >= 11 is 1.91. The van der Waals surface area contributed by atoms with Crippen LogP contribution in [0.1, 0.15) is 39.0 Å². The van der Waals surface area contributed by atoms with Crippen LogP contribution < -0.4 is 5.32 Å². The Bertz CT molecular complexity index is 525. The molecule has 1 aromatic heterocycles. The van der Waals surface area contributed by atoms with Crippen molar-refractivity contribution in [2.24, 2.45) is 0 Å². The highest BCUT2D eigenvalue weighted by molar-refractivity contribution is 8.00. The second kappa shape index (κ2) is 7.19. The molecular weight excluding hydrogens is 278 g/mol. The number of hydrogen-bond acceptors (Lipinski definition) is 3. The molecule has 0 saturated carbocycles. The standard InChI is InChI=1S/C18H25NOS/c1-14(12-19-13-16-6-5-11-20-16)21-17-9-7-15(8-10-17)18(2,3)4/h5-11,14,19H,12-13H2,1-4H3. The number of benzene rings is 1. The van der Waals surface area contributed by atoms with E-state index in [1.165, 1.54) is 10.5 Å². The molecule has 2 aromatic rings. The maximum absolute atomic E-state index is 5.31. The molecule has 1 heterocycles. The zero-order valence-corrected chi connectivity index (χ0v) is 14.2. The first-order chi connectivity index (χ1) is 9.95. The van der Waals surface area contributed by atoms with Gasteiger partial charge in [-0.1, -0.05) is 39.8 Å². The summed E-state index contributed by atoms with van der Waals surface area (Å²) in [6, 6.07) is 12.9. The van der Waals surface area contributed by atoms with Crippen LogP contribution in [-0.4, -0.2) is 11.8 Å². The molecule has 1 unspecified atom stereocenters. The fourth-order valence-corrected chi connectivity index (χ4v) is 3.08. The van der Waals surface area contributed by atoms with Gasteiger partial charge in [-0.15, -0.1) is 11.8 Å². The van der Waals surface area contributed by atoms with Crippen molar-refractivity contribution >= 4 is 11.8 Å². The highest BCUT2D eigenvalue weighted by Crippen LogP contribution is 2.27. The van der Waals surface area contributed by atoms with Crippen molar-refractivity contribution in [2.45, 2.75) is 49.8 Å². The summed E-state index contributed by atoms with van der Waals surface area (Å²) in [6.45, 7) is 10.7. The second-order valence-corrected chi connectivity index (χ2v) is 7.92. The van der Waals surface area contributed by atoms with Gasteiger partial charge in [0.05, 0.1) is 12.8 Å². The molecule has 0 amide bonds. The Hall–Kier alpha value is -1.19. The van der Waals surface area contributed by atoms with Crippen molar-refractivity contribution in [3.63, 3.8) is 0 Å². The smallest absolute Gasteiger partial charge is 0.117 e. The van der Waals surface area contributed by atoms with Crippen molar-refractivity contribution in [2.75, 3.05) is 6.54 Å². The van der Waals surface area contributed by atoms with Crippen molar-refractivity contribution in [1.29, 1.82) is 0 Å². The lowest BCUT2D eigenvalue weighted by Gasteiger charge is -2.19. The number of thioether (sulfide) groups is 1. The van der Waals surface area contributed by atoms with Crippen LogP contribution in [0.3, 0.4) is 0 Å². The number of furan rings is 1. The molecule has 0 aliphatic heterocycles. The van der Waals surface area contributed by atoms with E-state index in [2.05, 4.69) is 57.3 Å². The third-order valence-electron chi connectivity index (χ3n) is 3.37. The summed E-state index contributed by atoms with van der Waals surface area (Å²) in [6.07, 6.45) is 1.71. The minimum atomic E-state index is 0.222. The molecule has 0 aliphatic rings. The largest absolute Gasteiger partial charge is 0.468 e. The topological polar surface area (TPSA) is 25.2 Å². The van der Waals surface area contributed by atoms with Gasteiger partial charge < -0.3 is 9.73 Å². The van der Waals surface area contributed by atoms with Crippen LogP contribution >= 0.6 is 11.8 Å². The predicted octanol–water partition coefficient (Wildman–Crippen LogP) is 4.85. The Morgan fingerprint density at radius 1 is 1.14 bits per heavy atom. The summed E-state index contributed by atoms with van der Waals surface area (Å²) in [5, 5.41) is 3.96. The van der Waals surface area contributed by atoms with Gasteiger partial charge in [-0.2, -0.15) is 0 Å². The van der Waals surface area contributed by atoms with Gasteiger partial charge in [0.25, 0.3) is 0 Å². The van der Waals surface area contributed by atoms with E-state index in [-0.39, 0.29) is 5.41 Å². The SMILES string of the molecule is CC(CNCc1ccco1)Sc1ccc(C(C)(C)C)cc1. The summed E-state index contributed by atoms with van der Waals surface area (Å²) in [5.74, 6) is 0.988. The van der Waals surface area contributed by atoms with Gasteiger partial charge in [-0.3, -0.25) is 0 Å². The lowest BCUT2D eigenvalue weighted by Crippen LogP contribution is -2.22. The summed E-state index contributed by atoms with van der Waals surface area (Å²) < 4.78 is 5.31. The zero-order chi connectivity index (χ0) is 15.3. The fourth-order valence-electron chi connectivity index (χ4n) is 2.12. The molecule has 21 heavy (non-hydrogen) atoms. The van der Waals surface area contributed by atoms with Gasteiger partial charge in [0.2, 0.25) is 0 Å². The number of hydrogen-bond donors (Lipinski definition) is 1. The predicted molar refractivity (Wildman–Crippen MR) is 90.9 cm³/mol. The minimum absolute atomic E-state index is 0.222. The van der Waals surface area contributed by atoms with Gasteiger partial charge in [0.1, 0.15) is 5.76 Å². The first-order valence-corrected chi connectivity index (χ1v) is 8.33. The molecule has 1 N–H and O–H groups in total. The van der Waals surface area contributed by atoms with E-state index >= 15 is 0 Å². The van der Waals surface area contributed by atoms with Crippen LogP contribution in [0, 0.1) is 0 Å². The summed E-state index contributed by atoms with van der Waals surface area (Å²) in [5.41, 5.74) is 1.61. The van der Waals surface area contributed by atoms with Crippen molar-refractivity contribution < 1.29 is 4.42 Å². The van der Waals surface area contributed by atoms with E-state index in [4.69, 9.17) is 4.42 Å². The second-order valence-electron chi connectivity index (χ2n) is 6.41. The molecule has 2 nitrogen and oxygen atoms in total. The van der Waals surface area contributed by atoms with Crippen LogP contribution in [-0.2, 0) is 12.0 Å². The molecule has 0 aliphatic carbocycles. The third-order valence-corrected chi connectivity index (χ3v) is 4.48. The molecule has 3 heteroatoms. The molecule has 0 spiro atoms. The number of rotatable bonds is 6. The lowest BCUT2D eigenvalue weighted by molar-refractivity contribution is 0.484. The van der Waals surface area contributed by atoms with Crippen molar-refractivity contribution in [3.05, 3.63) is 54.0 Å². The van der Waals surface area contributed by atoms with Crippen molar-refractivity contribution in [3.8, 4) is 0 Å². The van der Waals surface area contributed by atoms with Gasteiger partial charge in [-0.05, 0) is 35.2 Å². The molecule has 2 rings (SSSR count). The normalized spacial score (nSPS) is 13.3. The molecule has 1 atom stereocenters. The van der Waals surface area contributed by atoms with Crippen LogP contribution in [0.15, 0.2) is 52.0 Å². The molecular formula is C18H25NOS. The van der Waals surface area contributed by atoms with Gasteiger partial charge in [-0.25, -0.2) is 0 Å². The van der Waals surface area contributed by atoms with E-state index in [1.807, 2.05) is 23.9 Å². The molecule has 0 fully saturated rings. The van der Waals surface area contributed by atoms with Gasteiger partial charge in [0, 0.05) is 16.7 Å². The fraction of sp³-hybridized carbons (Fsp3) is 0.444. The number of nitrogens with one attached hydrogen (secondary N) is 1.